The van der Waals surface area contributed by atoms with E-state index in [2.05, 4.69) is 15.0 Å². The van der Waals surface area contributed by atoms with E-state index in [0.29, 0.717) is 5.56 Å². The van der Waals surface area contributed by atoms with Crippen LogP contribution in [0.3, 0.4) is 0 Å². The van der Waals surface area contributed by atoms with Crippen molar-refractivity contribution >= 4 is 12.0 Å². The maximum Gasteiger partial charge on any atom is 0.351 e. The molecule has 0 aliphatic carbocycles. The maximum absolute atomic E-state index is 11.9. The van der Waals surface area contributed by atoms with Gasteiger partial charge >= 0.3 is 5.69 Å². The number of nitrogens with zero attached hydrogens (tertiary/aromatic N) is 3. The molecule has 4 atom stereocenters. The number of hydrogen-bond acceptors (Lipinski definition) is 8. The van der Waals surface area contributed by atoms with Crippen molar-refractivity contribution in [1.29, 1.82) is 0 Å². The van der Waals surface area contributed by atoms with Crippen LogP contribution in [-0.2, 0) is 9.57 Å². The van der Waals surface area contributed by atoms with Gasteiger partial charge in [0.25, 0.3) is 0 Å². The van der Waals surface area contributed by atoms with Crippen molar-refractivity contribution in [2.24, 2.45) is 11.1 Å². The van der Waals surface area contributed by atoms with Crippen molar-refractivity contribution in [3.05, 3.63) is 22.2 Å². The van der Waals surface area contributed by atoms with Gasteiger partial charge in [-0.05, 0) is 6.92 Å². The minimum absolute atomic E-state index is 0.125. The molecule has 0 aromatic carbocycles. The minimum atomic E-state index is -1.08. The number of rotatable bonds is 4. The fraction of sp³-hybridized carbons (Fsp3) is 0.583. The average molecular weight is 298 g/mol. The zero-order chi connectivity index (χ0) is 15.6. The molecule has 2 heterocycles. The van der Waals surface area contributed by atoms with Crippen LogP contribution < -0.4 is 11.4 Å². The fourth-order valence-electron chi connectivity index (χ4n) is 2.23. The Kier molecular flexibility index (Phi) is 4.56. The van der Waals surface area contributed by atoms with E-state index >= 15 is 0 Å². The Morgan fingerprint density at radius 3 is 3.00 bits per heavy atom. The summed E-state index contributed by atoms with van der Waals surface area (Å²) >= 11 is 0. The van der Waals surface area contributed by atoms with Gasteiger partial charge in [0.15, 0.2) is 6.23 Å². The summed E-state index contributed by atoms with van der Waals surface area (Å²) < 4.78 is 6.68. The third kappa shape index (κ3) is 2.89. The normalized spacial score (nSPS) is 29.1. The van der Waals surface area contributed by atoms with Gasteiger partial charge in [0.1, 0.15) is 19.0 Å². The highest BCUT2D eigenvalue weighted by Gasteiger charge is 2.44. The van der Waals surface area contributed by atoms with Crippen LogP contribution in [-0.4, -0.2) is 51.9 Å². The molecule has 1 aliphatic rings. The van der Waals surface area contributed by atoms with Gasteiger partial charge in [-0.25, -0.2) is 4.79 Å². The van der Waals surface area contributed by atoms with Crippen molar-refractivity contribution in [3.8, 4) is 0 Å². The Hall–Kier alpha value is -1.97. The zero-order valence-corrected chi connectivity index (χ0v) is 11.7. The van der Waals surface area contributed by atoms with E-state index in [1.54, 1.807) is 6.92 Å². The van der Waals surface area contributed by atoms with Gasteiger partial charge in [0.2, 0.25) is 0 Å². The summed E-state index contributed by atoms with van der Waals surface area (Å²) in [6, 6.07) is 0. The molecule has 9 nitrogen and oxygen atoms in total. The van der Waals surface area contributed by atoms with E-state index in [1.165, 1.54) is 19.5 Å². The second-order valence-electron chi connectivity index (χ2n) is 4.75. The Balaban J connectivity index is 2.35. The molecular weight excluding hydrogens is 280 g/mol. The first-order valence-corrected chi connectivity index (χ1v) is 6.36. The second-order valence-corrected chi connectivity index (χ2v) is 4.75. The first-order chi connectivity index (χ1) is 9.99. The standard InChI is InChI=1S/C12H18N4O5/c1-6-4-16(12(19)15-10(6)13)11-9(18)7(3-14-20-2)8(5-17)21-11/h3-4,7-9,11,17-18H,5H2,1-2H3,(H2,13,15,19)/t7?,8-,9-,11-/m1/s1. The van der Waals surface area contributed by atoms with Crippen LogP contribution in [0.1, 0.15) is 11.8 Å². The molecule has 0 bridgehead atoms. The van der Waals surface area contributed by atoms with E-state index in [-0.39, 0.29) is 12.4 Å². The van der Waals surface area contributed by atoms with Gasteiger partial charge in [-0.1, -0.05) is 5.16 Å². The summed E-state index contributed by atoms with van der Waals surface area (Å²) in [5.41, 5.74) is 5.51. The summed E-state index contributed by atoms with van der Waals surface area (Å²) in [6.45, 7) is 1.36. The number of anilines is 1. The number of aryl methyl sites for hydroxylation is 1. The Bertz CT molecular complexity index is 588. The van der Waals surface area contributed by atoms with Gasteiger partial charge in [0, 0.05) is 11.8 Å². The summed E-state index contributed by atoms with van der Waals surface area (Å²) in [7, 11) is 1.36. The fourth-order valence-corrected chi connectivity index (χ4v) is 2.23. The van der Waals surface area contributed by atoms with Crippen LogP contribution in [0.15, 0.2) is 16.1 Å². The molecule has 1 saturated heterocycles. The summed E-state index contributed by atoms with van der Waals surface area (Å²) in [5.74, 6) is -0.482. The quantitative estimate of drug-likeness (QED) is 0.461. The van der Waals surface area contributed by atoms with Crippen molar-refractivity contribution in [3.63, 3.8) is 0 Å². The second kappa shape index (κ2) is 6.20. The van der Waals surface area contributed by atoms with Crippen LogP contribution in [0.2, 0.25) is 0 Å². The molecule has 1 unspecified atom stereocenters. The minimum Gasteiger partial charge on any atom is -0.399 e. The molecule has 1 aromatic heterocycles. The number of oxime groups is 1. The van der Waals surface area contributed by atoms with Crippen LogP contribution in [0.25, 0.3) is 0 Å². The lowest BCUT2D eigenvalue weighted by atomic mass is 10.00. The summed E-state index contributed by atoms with van der Waals surface area (Å²) in [4.78, 5) is 20.1. The van der Waals surface area contributed by atoms with Gasteiger partial charge in [-0.2, -0.15) is 4.98 Å². The predicted molar refractivity (Wildman–Crippen MR) is 73.6 cm³/mol. The van der Waals surface area contributed by atoms with Crippen molar-refractivity contribution in [2.75, 3.05) is 19.5 Å². The monoisotopic (exact) mass is 298 g/mol. The van der Waals surface area contributed by atoms with Crippen molar-refractivity contribution in [2.45, 2.75) is 25.4 Å². The van der Waals surface area contributed by atoms with E-state index in [4.69, 9.17) is 10.5 Å². The molecule has 116 valence electrons. The summed E-state index contributed by atoms with van der Waals surface area (Å²) in [6.07, 6.45) is 0.0452. The van der Waals surface area contributed by atoms with E-state index < -0.39 is 30.0 Å². The van der Waals surface area contributed by atoms with Gasteiger partial charge < -0.3 is 25.5 Å². The topological polar surface area (TPSA) is 132 Å². The lowest BCUT2D eigenvalue weighted by molar-refractivity contribution is -0.0532. The number of ether oxygens (including phenoxy) is 1. The first-order valence-electron chi connectivity index (χ1n) is 6.36. The molecule has 1 aromatic rings. The molecule has 4 N–H and O–H groups in total. The van der Waals surface area contributed by atoms with Crippen molar-refractivity contribution in [1.82, 2.24) is 9.55 Å². The molecule has 1 fully saturated rings. The van der Waals surface area contributed by atoms with Gasteiger partial charge in [0.05, 0.1) is 24.8 Å². The molecule has 1 aliphatic heterocycles. The zero-order valence-electron chi connectivity index (χ0n) is 11.7. The summed E-state index contributed by atoms with van der Waals surface area (Å²) in [5, 5.41) is 23.2. The predicted octanol–water partition coefficient (Wildman–Crippen LogP) is -1.37. The Morgan fingerprint density at radius 1 is 1.67 bits per heavy atom. The van der Waals surface area contributed by atoms with E-state index in [0.717, 1.165) is 4.57 Å². The first kappa shape index (κ1) is 15.4. The van der Waals surface area contributed by atoms with Crippen LogP contribution in [0.5, 0.6) is 0 Å². The van der Waals surface area contributed by atoms with Gasteiger partial charge in [-0.3, -0.25) is 4.57 Å². The van der Waals surface area contributed by atoms with Gasteiger partial charge in [-0.15, -0.1) is 0 Å². The van der Waals surface area contributed by atoms with Crippen LogP contribution in [0, 0.1) is 12.8 Å². The molecule has 0 radical (unpaired) electrons. The maximum atomic E-state index is 11.9. The lowest BCUT2D eigenvalue weighted by Crippen LogP contribution is -2.34. The highest BCUT2D eigenvalue weighted by Crippen LogP contribution is 2.32. The van der Waals surface area contributed by atoms with E-state index in [9.17, 15) is 15.0 Å². The number of aliphatic hydroxyl groups is 2. The Labute approximate surface area is 120 Å². The molecule has 2 rings (SSSR count). The number of nitrogen functional groups attached to an aromatic ring is 1. The van der Waals surface area contributed by atoms with Crippen molar-refractivity contribution < 1.29 is 19.8 Å². The smallest absolute Gasteiger partial charge is 0.351 e. The highest BCUT2D eigenvalue weighted by atomic mass is 16.6. The largest absolute Gasteiger partial charge is 0.399 e. The lowest BCUT2D eigenvalue weighted by Gasteiger charge is -2.18. The third-order valence-corrected chi connectivity index (χ3v) is 3.40. The van der Waals surface area contributed by atoms with Crippen LogP contribution in [0.4, 0.5) is 5.82 Å². The third-order valence-electron chi connectivity index (χ3n) is 3.40. The molecule has 0 amide bonds. The number of aliphatic hydroxyl groups excluding tert-OH is 2. The molecule has 0 spiro atoms. The van der Waals surface area contributed by atoms with Crippen LogP contribution >= 0.6 is 0 Å². The van der Waals surface area contributed by atoms with E-state index in [1.807, 2.05) is 0 Å². The highest BCUT2D eigenvalue weighted by molar-refractivity contribution is 5.62. The molecule has 21 heavy (non-hydrogen) atoms. The molecule has 0 saturated carbocycles. The Morgan fingerprint density at radius 2 is 2.38 bits per heavy atom. The number of aromatic nitrogens is 2. The SMILES string of the molecule is CON=CC1[C@@H](O)[C@H](n2cc(C)c(N)nc2=O)O[C@@H]1CO. The number of nitrogens with two attached hydrogens (primary N) is 1. The molecular formula is C12H18N4O5. The molecule has 9 heteroatoms. The number of hydrogen-bond donors (Lipinski definition) is 3. The average Bonchev–Trinajstić information content (AvgIpc) is 2.77.